The van der Waals surface area contributed by atoms with Crippen LogP contribution in [-0.4, -0.2) is 56.5 Å². The van der Waals surface area contributed by atoms with Crippen molar-refractivity contribution in [3.8, 4) is 28.3 Å². The molecule has 9 nitrogen and oxygen atoms in total. The summed E-state index contributed by atoms with van der Waals surface area (Å²) >= 11 is 7.12. The Balaban J connectivity index is 1.16. The molecule has 7 rings (SSSR count). The molecule has 2 aliphatic heterocycles. The smallest absolute Gasteiger partial charge is 0.220 e. The van der Waals surface area contributed by atoms with Crippen molar-refractivity contribution in [2.45, 2.75) is 38.8 Å². The van der Waals surface area contributed by atoms with Gasteiger partial charge in [-0.2, -0.15) is 0 Å². The molecule has 44 heavy (non-hydrogen) atoms. The number of anilines is 2. The lowest BCUT2D eigenvalue weighted by molar-refractivity contribution is -0.120. The number of hydrogen-bond donors (Lipinski definition) is 2. The van der Waals surface area contributed by atoms with Crippen LogP contribution in [0.5, 0.6) is 5.88 Å². The first-order chi connectivity index (χ1) is 21.3. The summed E-state index contributed by atoms with van der Waals surface area (Å²) in [7, 11) is 1.64. The molecular formula is C34H32ClN7O2. The molecule has 0 bridgehead atoms. The Labute approximate surface area is 260 Å². The lowest BCUT2D eigenvalue weighted by Gasteiger charge is -2.48. The molecule has 2 fully saturated rings. The number of methoxy groups -OCH3 is 1. The third kappa shape index (κ3) is 5.12. The van der Waals surface area contributed by atoms with E-state index in [1.54, 1.807) is 13.3 Å². The van der Waals surface area contributed by atoms with Crippen LogP contribution in [0.1, 0.15) is 29.8 Å². The van der Waals surface area contributed by atoms with Gasteiger partial charge in [0.05, 0.1) is 28.9 Å². The van der Waals surface area contributed by atoms with Crippen molar-refractivity contribution < 1.29 is 9.53 Å². The van der Waals surface area contributed by atoms with Crippen LogP contribution in [0.15, 0.2) is 66.9 Å². The first kappa shape index (κ1) is 28.2. The molecule has 222 valence electrons. The number of pyridine rings is 2. The zero-order chi connectivity index (χ0) is 30.4. The van der Waals surface area contributed by atoms with Crippen LogP contribution in [0.2, 0.25) is 5.02 Å². The van der Waals surface area contributed by atoms with E-state index in [4.69, 9.17) is 21.3 Å². The monoisotopic (exact) mass is 605 g/mol. The van der Waals surface area contributed by atoms with E-state index in [-0.39, 0.29) is 11.4 Å². The molecule has 3 aromatic heterocycles. The SMILES string of the molecule is COc1nc(-c2cccc(-c3cccc(Nc4nc(C)nc5cccnc45)c3C)c2Cl)ccc1CN1CC2(CCC(=O)N2)C1. The summed E-state index contributed by atoms with van der Waals surface area (Å²) in [6, 6.07) is 20.0. The summed E-state index contributed by atoms with van der Waals surface area (Å²) in [5, 5.41) is 7.24. The van der Waals surface area contributed by atoms with Gasteiger partial charge in [0.25, 0.3) is 0 Å². The van der Waals surface area contributed by atoms with Crippen molar-refractivity contribution in [1.82, 2.24) is 30.2 Å². The minimum Gasteiger partial charge on any atom is -0.481 e. The Hall–Kier alpha value is -4.60. The number of carbonyl (C=O) groups is 1. The van der Waals surface area contributed by atoms with Gasteiger partial charge in [0.2, 0.25) is 11.8 Å². The van der Waals surface area contributed by atoms with Gasteiger partial charge < -0.3 is 15.4 Å². The van der Waals surface area contributed by atoms with E-state index >= 15 is 0 Å². The van der Waals surface area contributed by atoms with Crippen molar-refractivity contribution in [2.24, 2.45) is 0 Å². The predicted molar refractivity (Wildman–Crippen MR) is 172 cm³/mol. The van der Waals surface area contributed by atoms with Gasteiger partial charge in [-0.05, 0) is 55.7 Å². The summed E-state index contributed by atoms with van der Waals surface area (Å²) in [6.07, 6.45) is 3.26. The van der Waals surface area contributed by atoms with Crippen LogP contribution in [0.4, 0.5) is 11.5 Å². The molecular weight excluding hydrogens is 574 g/mol. The lowest BCUT2D eigenvalue weighted by atomic mass is 9.88. The first-order valence-electron chi connectivity index (χ1n) is 14.6. The standard InChI is InChI=1S/C34H32ClN7O2/c1-20-23(7-5-10-26(20)39-32-31-28(11-6-16-36-31)37-21(2)38-32)24-8-4-9-25(30(24)35)27-13-12-22(33(40-27)44-3)17-42-18-34(19-42)15-14-29(43)41-34/h4-13,16H,14-15,17-19H2,1-3H3,(H,41,43)(H,37,38,39). The third-order valence-electron chi connectivity index (χ3n) is 8.53. The maximum Gasteiger partial charge on any atom is 0.220 e. The first-order valence-corrected chi connectivity index (χ1v) is 15.0. The number of nitrogens with one attached hydrogen (secondary N) is 2. The number of benzene rings is 2. The zero-order valence-electron chi connectivity index (χ0n) is 24.8. The van der Waals surface area contributed by atoms with Crippen LogP contribution in [0.3, 0.4) is 0 Å². The highest BCUT2D eigenvalue weighted by molar-refractivity contribution is 6.36. The number of rotatable bonds is 7. The molecule has 0 radical (unpaired) electrons. The highest BCUT2D eigenvalue weighted by Gasteiger charge is 2.47. The Kier molecular flexibility index (Phi) is 7.14. The second kappa shape index (κ2) is 11.2. The van der Waals surface area contributed by atoms with Gasteiger partial charge in [-0.1, -0.05) is 48.0 Å². The molecule has 2 aromatic carbocycles. The largest absolute Gasteiger partial charge is 0.481 e. The second-order valence-corrected chi connectivity index (χ2v) is 12.0. The number of aryl methyl sites for hydroxylation is 1. The van der Waals surface area contributed by atoms with Gasteiger partial charge in [-0.3, -0.25) is 14.7 Å². The summed E-state index contributed by atoms with van der Waals surface area (Å²) in [5.41, 5.74) is 7.84. The van der Waals surface area contributed by atoms with E-state index in [1.165, 1.54) is 0 Å². The number of carbonyl (C=O) groups excluding carboxylic acids is 1. The van der Waals surface area contributed by atoms with Crippen LogP contribution >= 0.6 is 11.6 Å². The molecule has 10 heteroatoms. The van der Waals surface area contributed by atoms with Gasteiger partial charge in [0.1, 0.15) is 11.3 Å². The summed E-state index contributed by atoms with van der Waals surface area (Å²) in [6.45, 7) is 6.33. The minimum atomic E-state index is -0.0605. The van der Waals surface area contributed by atoms with Gasteiger partial charge in [0.15, 0.2) is 5.82 Å². The average Bonchev–Trinajstić information content (AvgIpc) is 3.40. The maximum absolute atomic E-state index is 11.7. The highest BCUT2D eigenvalue weighted by Crippen LogP contribution is 2.40. The molecule has 0 unspecified atom stereocenters. The number of likely N-dealkylation sites (tertiary alicyclic amines) is 1. The number of ether oxygens (including phenoxy) is 1. The van der Waals surface area contributed by atoms with Crippen molar-refractivity contribution in [1.29, 1.82) is 0 Å². The van der Waals surface area contributed by atoms with E-state index in [0.29, 0.717) is 41.0 Å². The number of fused-ring (bicyclic) bond motifs is 1. The van der Waals surface area contributed by atoms with Crippen LogP contribution in [0.25, 0.3) is 33.4 Å². The minimum absolute atomic E-state index is 0.0605. The molecule has 0 aliphatic carbocycles. The van der Waals surface area contributed by atoms with Crippen LogP contribution in [-0.2, 0) is 11.3 Å². The average molecular weight is 606 g/mol. The number of hydrogen-bond acceptors (Lipinski definition) is 8. The van der Waals surface area contributed by atoms with E-state index in [2.05, 4.69) is 49.5 Å². The molecule has 2 aliphatic rings. The van der Waals surface area contributed by atoms with E-state index in [1.807, 2.05) is 55.5 Å². The summed E-state index contributed by atoms with van der Waals surface area (Å²) in [4.78, 5) is 32.5. The van der Waals surface area contributed by atoms with Crippen molar-refractivity contribution >= 4 is 40.0 Å². The van der Waals surface area contributed by atoms with Crippen LogP contribution in [0, 0.1) is 13.8 Å². The van der Waals surface area contributed by atoms with Gasteiger partial charge in [0, 0.05) is 54.6 Å². The zero-order valence-corrected chi connectivity index (χ0v) is 25.6. The quantitative estimate of drug-likeness (QED) is 0.225. The molecule has 2 N–H and O–H groups in total. The van der Waals surface area contributed by atoms with E-state index < -0.39 is 0 Å². The van der Waals surface area contributed by atoms with Gasteiger partial charge >= 0.3 is 0 Å². The predicted octanol–water partition coefficient (Wildman–Crippen LogP) is 6.24. The van der Waals surface area contributed by atoms with Gasteiger partial charge in [-0.25, -0.2) is 15.0 Å². The molecule has 5 heterocycles. The maximum atomic E-state index is 11.7. The van der Waals surface area contributed by atoms with Crippen molar-refractivity contribution in [3.63, 3.8) is 0 Å². The summed E-state index contributed by atoms with van der Waals surface area (Å²) < 4.78 is 5.72. The lowest BCUT2D eigenvalue weighted by Crippen LogP contribution is -2.66. The molecule has 0 saturated carbocycles. The Morgan fingerprint density at radius 1 is 0.977 bits per heavy atom. The normalized spacial score (nSPS) is 15.8. The van der Waals surface area contributed by atoms with Crippen molar-refractivity contribution in [2.75, 3.05) is 25.5 Å². The second-order valence-electron chi connectivity index (χ2n) is 11.6. The molecule has 1 spiro atoms. The van der Waals surface area contributed by atoms with E-state index in [9.17, 15) is 4.79 Å². The number of amides is 1. The fourth-order valence-corrected chi connectivity index (χ4v) is 6.71. The fraction of sp³-hybridized carbons (Fsp3) is 0.265. The van der Waals surface area contributed by atoms with Gasteiger partial charge in [-0.15, -0.1) is 0 Å². The Morgan fingerprint density at radius 2 is 1.77 bits per heavy atom. The third-order valence-corrected chi connectivity index (χ3v) is 8.94. The molecule has 0 atom stereocenters. The van der Waals surface area contributed by atoms with Crippen LogP contribution < -0.4 is 15.4 Å². The summed E-state index contributed by atoms with van der Waals surface area (Å²) in [5.74, 6) is 2.05. The molecule has 5 aromatic rings. The highest BCUT2D eigenvalue weighted by atomic mass is 35.5. The molecule has 2 saturated heterocycles. The molecule has 1 amide bonds. The Morgan fingerprint density at radius 3 is 2.57 bits per heavy atom. The van der Waals surface area contributed by atoms with E-state index in [0.717, 1.165) is 64.2 Å². The fourth-order valence-electron chi connectivity index (χ4n) is 6.39. The topological polar surface area (TPSA) is 105 Å². The van der Waals surface area contributed by atoms with Crippen molar-refractivity contribution in [3.05, 3.63) is 88.8 Å². The number of nitrogens with zero attached hydrogens (tertiary/aromatic N) is 5. The number of aromatic nitrogens is 4. The number of halogens is 1. The Bertz CT molecular complexity index is 1920.